The molecular weight excluding hydrogens is 236 g/mol. The first-order valence-corrected chi connectivity index (χ1v) is 7.06. The van der Waals surface area contributed by atoms with Gasteiger partial charge in [-0.1, -0.05) is 18.2 Å². The van der Waals surface area contributed by atoms with E-state index in [0.717, 1.165) is 48.9 Å². The molecule has 19 heavy (non-hydrogen) atoms. The minimum atomic E-state index is -0.677. The fourth-order valence-electron chi connectivity index (χ4n) is 3.65. The molecule has 2 bridgehead atoms. The zero-order valence-electron chi connectivity index (χ0n) is 10.9. The van der Waals surface area contributed by atoms with E-state index < -0.39 is 5.60 Å². The average Bonchev–Trinajstić information content (AvgIpc) is 2.88. The molecule has 2 saturated heterocycles. The van der Waals surface area contributed by atoms with Crippen LogP contribution >= 0.6 is 0 Å². The number of aromatic nitrogens is 1. The summed E-state index contributed by atoms with van der Waals surface area (Å²) in [7, 11) is 0. The largest absolute Gasteiger partial charge is 0.385 e. The Morgan fingerprint density at radius 1 is 1.26 bits per heavy atom. The van der Waals surface area contributed by atoms with E-state index in [2.05, 4.69) is 22.0 Å². The maximum Gasteiger partial charge on any atom is 0.0964 e. The van der Waals surface area contributed by atoms with Gasteiger partial charge < -0.3 is 10.0 Å². The highest BCUT2D eigenvalue weighted by molar-refractivity contribution is 5.78. The van der Waals surface area contributed by atoms with Gasteiger partial charge in [-0.15, -0.1) is 0 Å². The third-order valence-electron chi connectivity index (χ3n) is 4.85. The number of nitrogens with zero attached hydrogens (tertiary/aromatic N) is 2. The molecule has 0 spiro atoms. The number of piperidine rings is 1. The Hall–Kier alpha value is -1.45. The van der Waals surface area contributed by atoms with Crippen molar-refractivity contribution in [3.63, 3.8) is 0 Å². The van der Waals surface area contributed by atoms with E-state index >= 15 is 0 Å². The first-order valence-electron chi connectivity index (χ1n) is 7.06. The van der Waals surface area contributed by atoms with Gasteiger partial charge in [-0.2, -0.15) is 0 Å². The van der Waals surface area contributed by atoms with Crippen LogP contribution in [-0.4, -0.2) is 34.6 Å². The van der Waals surface area contributed by atoms with Crippen LogP contribution < -0.4 is 0 Å². The minimum absolute atomic E-state index is 0.365. The molecule has 3 atom stereocenters. The van der Waals surface area contributed by atoms with E-state index in [1.54, 1.807) is 0 Å². The fourth-order valence-corrected chi connectivity index (χ4v) is 3.65. The van der Waals surface area contributed by atoms with Gasteiger partial charge in [0.05, 0.1) is 11.1 Å². The Bertz CT molecular complexity index is 627. The van der Waals surface area contributed by atoms with E-state index in [1.807, 2.05) is 24.4 Å². The summed E-state index contributed by atoms with van der Waals surface area (Å²) in [4.78, 5) is 6.96. The second-order valence-electron chi connectivity index (χ2n) is 5.88. The number of aliphatic hydroxyl groups is 1. The van der Waals surface area contributed by atoms with E-state index in [9.17, 15) is 5.11 Å². The van der Waals surface area contributed by atoms with Crippen molar-refractivity contribution in [3.8, 4) is 0 Å². The van der Waals surface area contributed by atoms with Crippen LogP contribution in [0.2, 0.25) is 0 Å². The highest BCUT2D eigenvalue weighted by Gasteiger charge is 2.46. The van der Waals surface area contributed by atoms with Crippen molar-refractivity contribution in [3.05, 3.63) is 42.1 Å². The highest BCUT2D eigenvalue weighted by atomic mass is 16.3. The van der Waals surface area contributed by atoms with Crippen LogP contribution in [0.4, 0.5) is 0 Å². The molecular formula is C16H18N2O. The number of hydrogen-bond donors (Lipinski definition) is 1. The summed E-state index contributed by atoms with van der Waals surface area (Å²) >= 11 is 0. The van der Waals surface area contributed by atoms with Gasteiger partial charge in [-0.3, -0.25) is 4.98 Å². The van der Waals surface area contributed by atoms with Gasteiger partial charge in [0.15, 0.2) is 0 Å². The molecule has 1 aromatic carbocycles. The summed E-state index contributed by atoms with van der Waals surface area (Å²) in [6, 6.07) is 10.2. The van der Waals surface area contributed by atoms with E-state index in [1.165, 1.54) is 0 Å². The topological polar surface area (TPSA) is 36.4 Å². The van der Waals surface area contributed by atoms with E-state index in [-0.39, 0.29) is 0 Å². The third-order valence-corrected chi connectivity index (χ3v) is 4.85. The van der Waals surface area contributed by atoms with Crippen LogP contribution in [0.3, 0.4) is 0 Å². The first-order chi connectivity index (χ1) is 9.25. The standard InChI is InChI=1S/C16H18N2O/c19-16(6-8-18-7-5-13(16)11-18)14-9-12-3-1-2-4-15(12)17-10-14/h1-4,9-10,13,19H,5-8,11H2. The second-order valence-corrected chi connectivity index (χ2v) is 5.88. The molecule has 2 aliphatic heterocycles. The van der Waals surface area contributed by atoms with Gasteiger partial charge in [-0.25, -0.2) is 0 Å². The summed E-state index contributed by atoms with van der Waals surface area (Å²) in [5, 5.41) is 12.2. The quantitative estimate of drug-likeness (QED) is 0.847. The number of hydrogen-bond acceptors (Lipinski definition) is 3. The number of pyridine rings is 1. The molecule has 3 heterocycles. The molecule has 98 valence electrons. The van der Waals surface area contributed by atoms with Crippen molar-refractivity contribution in [1.82, 2.24) is 9.88 Å². The molecule has 0 aliphatic carbocycles. The Balaban J connectivity index is 1.80. The lowest BCUT2D eigenvalue weighted by Gasteiger charge is -2.39. The number of fused-ring (bicyclic) bond motifs is 3. The third kappa shape index (κ3) is 1.69. The summed E-state index contributed by atoms with van der Waals surface area (Å²) in [6.07, 6.45) is 3.80. The SMILES string of the molecule is OC1(c2cnc3ccccc3c2)CCN2CCC1C2. The number of rotatable bonds is 1. The summed E-state index contributed by atoms with van der Waals surface area (Å²) < 4.78 is 0. The van der Waals surface area contributed by atoms with Gasteiger partial charge in [-0.05, 0) is 31.5 Å². The lowest BCUT2D eigenvalue weighted by atomic mass is 9.77. The second kappa shape index (κ2) is 4.02. The molecule has 2 fully saturated rings. The van der Waals surface area contributed by atoms with Crippen molar-refractivity contribution in [1.29, 1.82) is 0 Å². The number of para-hydroxylation sites is 1. The van der Waals surface area contributed by atoms with Crippen LogP contribution in [-0.2, 0) is 5.60 Å². The van der Waals surface area contributed by atoms with Crippen molar-refractivity contribution >= 4 is 10.9 Å². The fraction of sp³-hybridized carbons (Fsp3) is 0.438. The molecule has 1 N–H and O–H groups in total. The zero-order chi connectivity index (χ0) is 12.9. The monoisotopic (exact) mass is 254 g/mol. The predicted octanol–water partition coefficient (Wildman–Crippen LogP) is 2.15. The van der Waals surface area contributed by atoms with Crippen molar-refractivity contribution < 1.29 is 5.11 Å². The zero-order valence-corrected chi connectivity index (χ0v) is 10.9. The Morgan fingerprint density at radius 3 is 3.11 bits per heavy atom. The molecule has 1 aromatic heterocycles. The first kappa shape index (κ1) is 11.4. The van der Waals surface area contributed by atoms with Crippen LogP contribution in [0.5, 0.6) is 0 Å². The van der Waals surface area contributed by atoms with E-state index in [0.29, 0.717) is 5.92 Å². The molecule has 0 amide bonds. The van der Waals surface area contributed by atoms with Crippen molar-refractivity contribution in [2.45, 2.75) is 18.4 Å². The molecule has 3 nitrogen and oxygen atoms in total. The van der Waals surface area contributed by atoms with Gasteiger partial charge in [0.25, 0.3) is 0 Å². The Morgan fingerprint density at radius 2 is 2.16 bits per heavy atom. The minimum Gasteiger partial charge on any atom is -0.385 e. The molecule has 0 radical (unpaired) electrons. The highest BCUT2D eigenvalue weighted by Crippen LogP contribution is 2.42. The van der Waals surface area contributed by atoms with E-state index in [4.69, 9.17) is 0 Å². The van der Waals surface area contributed by atoms with Crippen LogP contribution in [0.1, 0.15) is 18.4 Å². The summed E-state index contributed by atoms with van der Waals surface area (Å²) in [5.41, 5.74) is 1.32. The van der Waals surface area contributed by atoms with Crippen LogP contribution in [0.15, 0.2) is 36.5 Å². The molecule has 3 unspecified atom stereocenters. The Labute approximate surface area is 112 Å². The molecule has 3 heteroatoms. The van der Waals surface area contributed by atoms with Gasteiger partial charge in [0.1, 0.15) is 0 Å². The summed E-state index contributed by atoms with van der Waals surface area (Å²) in [6.45, 7) is 3.16. The van der Waals surface area contributed by atoms with Gasteiger partial charge in [0.2, 0.25) is 0 Å². The Kier molecular flexibility index (Phi) is 2.41. The molecule has 0 saturated carbocycles. The molecule has 2 aliphatic rings. The van der Waals surface area contributed by atoms with Gasteiger partial charge >= 0.3 is 0 Å². The van der Waals surface area contributed by atoms with Crippen molar-refractivity contribution in [2.75, 3.05) is 19.6 Å². The van der Waals surface area contributed by atoms with Crippen molar-refractivity contribution in [2.24, 2.45) is 5.92 Å². The normalized spacial score (nSPS) is 33.7. The maximum atomic E-state index is 11.1. The number of benzene rings is 1. The smallest absolute Gasteiger partial charge is 0.0964 e. The average molecular weight is 254 g/mol. The summed E-state index contributed by atoms with van der Waals surface area (Å²) in [5.74, 6) is 0.365. The lowest BCUT2D eigenvalue weighted by molar-refractivity contribution is -0.0503. The molecule has 2 aromatic rings. The maximum absolute atomic E-state index is 11.1. The van der Waals surface area contributed by atoms with Crippen LogP contribution in [0.25, 0.3) is 10.9 Å². The molecule has 4 rings (SSSR count). The van der Waals surface area contributed by atoms with Gasteiger partial charge in [0, 0.05) is 36.2 Å². The lowest BCUT2D eigenvalue weighted by Crippen LogP contribution is -2.44. The van der Waals surface area contributed by atoms with Crippen LogP contribution in [0, 0.1) is 5.92 Å². The predicted molar refractivity (Wildman–Crippen MR) is 74.8 cm³/mol.